The van der Waals surface area contributed by atoms with Crippen molar-refractivity contribution in [1.29, 1.82) is 0 Å². The molecular weight excluding hydrogens is 422 g/mol. The fourth-order valence-corrected chi connectivity index (χ4v) is 4.56. The molecule has 32 heavy (non-hydrogen) atoms. The number of aromatic nitrogens is 3. The highest BCUT2D eigenvalue weighted by atomic mass is 32.2. The second kappa shape index (κ2) is 10.5. The molecule has 166 valence electrons. The van der Waals surface area contributed by atoms with Gasteiger partial charge in [-0.25, -0.2) is 0 Å². The number of hydrogen-bond donors (Lipinski definition) is 1. The van der Waals surface area contributed by atoms with Crippen molar-refractivity contribution >= 4 is 29.3 Å². The van der Waals surface area contributed by atoms with E-state index in [2.05, 4.69) is 27.6 Å². The van der Waals surface area contributed by atoms with Gasteiger partial charge in [-0.05, 0) is 43.9 Å². The van der Waals surface area contributed by atoms with Crippen LogP contribution < -0.4 is 5.32 Å². The molecule has 2 aromatic carbocycles. The van der Waals surface area contributed by atoms with Crippen molar-refractivity contribution in [2.24, 2.45) is 0 Å². The zero-order valence-electron chi connectivity index (χ0n) is 18.2. The van der Waals surface area contributed by atoms with E-state index in [1.165, 1.54) is 11.8 Å². The van der Waals surface area contributed by atoms with Crippen LogP contribution in [0.3, 0.4) is 0 Å². The molecule has 4 rings (SSSR count). The van der Waals surface area contributed by atoms with Gasteiger partial charge in [-0.1, -0.05) is 54.2 Å². The van der Waals surface area contributed by atoms with Crippen LogP contribution in [0.25, 0.3) is 0 Å². The number of likely N-dealkylation sites (tertiary alicyclic amines) is 1. The zero-order valence-corrected chi connectivity index (χ0v) is 19.0. The van der Waals surface area contributed by atoms with Crippen LogP contribution in [0.4, 0.5) is 5.69 Å². The lowest BCUT2D eigenvalue weighted by Crippen LogP contribution is -2.36. The van der Waals surface area contributed by atoms with Gasteiger partial charge < -0.3 is 14.8 Å². The molecule has 1 aromatic heterocycles. The Balaban J connectivity index is 1.40. The first-order valence-corrected chi connectivity index (χ1v) is 11.8. The summed E-state index contributed by atoms with van der Waals surface area (Å²) >= 11 is 1.34. The first-order chi connectivity index (χ1) is 15.6. The average molecular weight is 450 g/mol. The summed E-state index contributed by atoms with van der Waals surface area (Å²) in [6.07, 6.45) is 3.22. The molecule has 1 fully saturated rings. The van der Waals surface area contributed by atoms with Gasteiger partial charge in [0.1, 0.15) is 5.82 Å². The Morgan fingerprint density at radius 3 is 2.47 bits per heavy atom. The second-order valence-electron chi connectivity index (χ2n) is 7.84. The molecule has 1 saturated heterocycles. The molecule has 0 spiro atoms. The molecule has 1 aliphatic rings. The largest absolute Gasteiger partial charge is 0.339 e. The quantitative estimate of drug-likeness (QED) is 0.552. The molecule has 0 saturated carbocycles. The Labute approximate surface area is 192 Å². The molecule has 0 unspecified atom stereocenters. The summed E-state index contributed by atoms with van der Waals surface area (Å²) in [6.45, 7) is 4.10. The molecule has 1 N–H and O–H groups in total. The number of piperidine rings is 1. The lowest BCUT2D eigenvalue weighted by atomic mass is 10.1. The van der Waals surface area contributed by atoms with Gasteiger partial charge in [0.15, 0.2) is 5.16 Å². The third-order valence-electron chi connectivity index (χ3n) is 5.49. The minimum atomic E-state index is -0.180. The van der Waals surface area contributed by atoms with Gasteiger partial charge in [0, 0.05) is 13.1 Å². The first kappa shape index (κ1) is 22.1. The van der Waals surface area contributed by atoms with E-state index in [0.29, 0.717) is 23.0 Å². The molecule has 1 aliphatic heterocycles. The molecule has 0 radical (unpaired) electrons. The number of nitrogens with zero attached hydrogens (tertiary/aromatic N) is 4. The Morgan fingerprint density at radius 1 is 0.969 bits per heavy atom. The van der Waals surface area contributed by atoms with E-state index >= 15 is 0 Å². The molecule has 2 amide bonds. The summed E-state index contributed by atoms with van der Waals surface area (Å²) in [4.78, 5) is 27.5. The van der Waals surface area contributed by atoms with Gasteiger partial charge in [-0.3, -0.25) is 9.59 Å². The van der Waals surface area contributed by atoms with Gasteiger partial charge >= 0.3 is 0 Å². The van der Waals surface area contributed by atoms with E-state index in [4.69, 9.17) is 0 Å². The summed E-state index contributed by atoms with van der Waals surface area (Å²) in [5, 5.41) is 12.0. The van der Waals surface area contributed by atoms with Crippen LogP contribution in [0.5, 0.6) is 0 Å². The van der Waals surface area contributed by atoms with Gasteiger partial charge in [0.2, 0.25) is 5.91 Å². The van der Waals surface area contributed by atoms with Gasteiger partial charge in [-0.15, -0.1) is 10.2 Å². The summed E-state index contributed by atoms with van der Waals surface area (Å²) in [5.41, 5.74) is 2.23. The number of carbonyl (C=O) groups excluding carboxylic acids is 2. The maximum absolute atomic E-state index is 13.0. The molecule has 7 nitrogen and oxygen atoms in total. The predicted molar refractivity (Wildman–Crippen MR) is 126 cm³/mol. The van der Waals surface area contributed by atoms with E-state index in [9.17, 15) is 9.59 Å². The van der Waals surface area contributed by atoms with Crippen LogP contribution in [0.15, 0.2) is 59.8 Å². The number of aryl methyl sites for hydroxylation is 1. The Bertz CT molecular complexity index is 1080. The number of carbonyl (C=O) groups is 2. The van der Waals surface area contributed by atoms with Crippen LogP contribution in [0, 0.1) is 6.92 Å². The Morgan fingerprint density at radius 2 is 1.69 bits per heavy atom. The number of hydrogen-bond acceptors (Lipinski definition) is 5. The number of amides is 2. The van der Waals surface area contributed by atoms with Crippen LogP contribution in [-0.2, 0) is 11.3 Å². The molecule has 0 atom stereocenters. The maximum atomic E-state index is 13.0. The second-order valence-corrected chi connectivity index (χ2v) is 8.78. The highest BCUT2D eigenvalue weighted by Crippen LogP contribution is 2.22. The number of anilines is 1. The normalized spacial score (nSPS) is 13.7. The third kappa shape index (κ3) is 5.37. The highest BCUT2D eigenvalue weighted by molar-refractivity contribution is 7.99. The lowest BCUT2D eigenvalue weighted by Gasteiger charge is -2.27. The maximum Gasteiger partial charge on any atom is 0.255 e. The van der Waals surface area contributed by atoms with Crippen LogP contribution >= 0.6 is 11.8 Å². The minimum absolute atomic E-state index is 0.0218. The predicted octanol–water partition coefficient (Wildman–Crippen LogP) is 3.99. The molecule has 8 heteroatoms. The van der Waals surface area contributed by atoms with Crippen LogP contribution in [0.1, 0.15) is 41.0 Å². The van der Waals surface area contributed by atoms with Crippen molar-refractivity contribution in [2.75, 3.05) is 24.2 Å². The van der Waals surface area contributed by atoms with Gasteiger partial charge in [-0.2, -0.15) is 0 Å². The molecule has 2 heterocycles. The fourth-order valence-electron chi connectivity index (χ4n) is 3.78. The summed E-state index contributed by atoms with van der Waals surface area (Å²) in [7, 11) is 0. The van der Waals surface area contributed by atoms with Crippen LogP contribution in [0.2, 0.25) is 0 Å². The van der Waals surface area contributed by atoms with E-state index in [1.54, 1.807) is 12.1 Å². The molecule has 0 bridgehead atoms. The van der Waals surface area contributed by atoms with E-state index in [1.807, 2.05) is 46.7 Å². The number of para-hydroxylation sites is 1. The minimum Gasteiger partial charge on any atom is -0.339 e. The number of rotatable bonds is 7. The Kier molecular flexibility index (Phi) is 7.21. The molecule has 3 aromatic rings. The number of benzene rings is 2. The average Bonchev–Trinajstić information content (AvgIpc) is 3.18. The lowest BCUT2D eigenvalue weighted by molar-refractivity contribution is -0.113. The zero-order chi connectivity index (χ0) is 22.3. The summed E-state index contributed by atoms with van der Waals surface area (Å²) in [5.74, 6) is 0.778. The van der Waals surface area contributed by atoms with Gasteiger partial charge in [0.05, 0.1) is 23.5 Å². The number of nitrogens with one attached hydrogen (secondary N) is 1. The van der Waals surface area contributed by atoms with Crippen molar-refractivity contribution in [3.05, 3.63) is 71.5 Å². The summed E-state index contributed by atoms with van der Waals surface area (Å²) in [6, 6.07) is 17.3. The highest BCUT2D eigenvalue weighted by Gasteiger charge is 2.21. The fraction of sp³-hybridized carbons (Fsp3) is 0.333. The van der Waals surface area contributed by atoms with E-state index in [0.717, 1.165) is 43.7 Å². The van der Waals surface area contributed by atoms with Crippen molar-refractivity contribution in [2.45, 2.75) is 37.9 Å². The van der Waals surface area contributed by atoms with Crippen molar-refractivity contribution in [1.82, 2.24) is 19.7 Å². The Hall–Kier alpha value is -3.13. The molecule has 0 aliphatic carbocycles. The number of thioether (sulfide) groups is 1. The van der Waals surface area contributed by atoms with Crippen molar-refractivity contribution in [3.63, 3.8) is 0 Å². The standard InChI is InChI=1S/C24H27N5O2S/c1-18-26-27-24(29(18)16-19-10-4-2-5-11-19)32-17-22(30)25-21-13-7-6-12-20(21)23(31)28-14-8-3-9-15-28/h2,4-7,10-13H,3,8-9,14-17H2,1H3,(H,25,30). The van der Waals surface area contributed by atoms with Gasteiger partial charge in [0.25, 0.3) is 5.91 Å². The van der Waals surface area contributed by atoms with E-state index < -0.39 is 0 Å². The van der Waals surface area contributed by atoms with E-state index in [-0.39, 0.29) is 17.6 Å². The van der Waals surface area contributed by atoms with Crippen LogP contribution in [-0.4, -0.2) is 50.3 Å². The first-order valence-electron chi connectivity index (χ1n) is 10.9. The van der Waals surface area contributed by atoms with Crippen molar-refractivity contribution < 1.29 is 9.59 Å². The SMILES string of the molecule is Cc1nnc(SCC(=O)Nc2ccccc2C(=O)N2CCCCC2)n1Cc1ccccc1. The smallest absolute Gasteiger partial charge is 0.255 e. The third-order valence-corrected chi connectivity index (χ3v) is 6.46. The summed E-state index contributed by atoms with van der Waals surface area (Å²) < 4.78 is 2.00. The van der Waals surface area contributed by atoms with Crippen molar-refractivity contribution in [3.8, 4) is 0 Å². The molecular formula is C24H27N5O2S. The topological polar surface area (TPSA) is 80.1 Å². The monoisotopic (exact) mass is 449 g/mol.